The second-order valence-electron chi connectivity index (χ2n) is 8.20. The molecule has 1 amide bonds. The Kier molecular flexibility index (Phi) is 8.23. The van der Waals surface area contributed by atoms with Gasteiger partial charge in [0.25, 0.3) is 10.0 Å². The van der Waals surface area contributed by atoms with Crippen molar-refractivity contribution in [2.45, 2.75) is 32.6 Å². The summed E-state index contributed by atoms with van der Waals surface area (Å²) in [5, 5.41) is 3.15. The summed E-state index contributed by atoms with van der Waals surface area (Å²) in [7, 11) is -4.00. The average Bonchev–Trinajstić information content (AvgIpc) is 2.79. The third-order valence-electron chi connectivity index (χ3n) is 5.51. The Morgan fingerprint density at radius 2 is 1.59 bits per heavy atom. The number of amides is 1. The van der Waals surface area contributed by atoms with Crippen molar-refractivity contribution >= 4 is 33.2 Å². The molecular formula is C26H29ClN2O4S. The maximum atomic E-state index is 13.4. The topological polar surface area (TPSA) is 75.7 Å². The lowest BCUT2D eigenvalue weighted by atomic mass is 10.1. The van der Waals surface area contributed by atoms with Crippen molar-refractivity contribution in [3.05, 3.63) is 87.9 Å². The Balaban J connectivity index is 1.73. The van der Waals surface area contributed by atoms with Crippen molar-refractivity contribution in [1.82, 2.24) is 5.32 Å². The number of aryl methyl sites for hydroxylation is 4. The fourth-order valence-electron chi connectivity index (χ4n) is 3.24. The molecule has 0 unspecified atom stereocenters. The number of carbonyl (C=O) groups excluding carboxylic acids is 1. The van der Waals surface area contributed by atoms with E-state index in [9.17, 15) is 13.2 Å². The molecule has 180 valence electrons. The largest absolute Gasteiger partial charge is 0.492 e. The van der Waals surface area contributed by atoms with Crippen molar-refractivity contribution < 1.29 is 17.9 Å². The summed E-state index contributed by atoms with van der Waals surface area (Å²) in [5.74, 6) is 0.270. The van der Waals surface area contributed by atoms with E-state index in [1.54, 1.807) is 30.3 Å². The molecular weight excluding hydrogens is 472 g/mol. The number of nitrogens with one attached hydrogen (secondary N) is 1. The maximum absolute atomic E-state index is 13.4. The first kappa shape index (κ1) is 25.6. The van der Waals surface area contributed by atoms with E-state index in [1.807, 2.05) is 45.9 Å². The fraction of sp³-hybridized carbons (Fsp3) is 0.269. The Morgan fingerprint density at radius 3 is 2.24 bits per heavy atom. The summed E-state index contributed by atoms with van der Waals surface area (Å²) >= 11 is 6.25. The van der Waals surface area contributed by atoms with E-state index >= 15 is 0 Å². The molecule has 1 N–H and O–H groups in total. The summed E-state index contributed by atoms with van der Waals surface area (Å²) < 4.78 is 33.6. The van der Waals surface area contributed by atoms with Gasteiger partial charge < -0.3 is 10.1 Å². The van der Waals surface area contributed by atoms with Crippen molar-refractivity contribution in [3.63, 3.8) is 0 Å². The highest BCUT2D eigenvalue weighted by Gasteiger charge is 2.27. The smallest absolute Gasteiger partial charge is 0.264 e. The van der Waals surface area contributed by atoms with E-state index in [2.05, 4.69) is 5.32 Å². The Bertz CT molecular complexity index is 1270. The number of benzene rings is 3. The van der Waals surface area contributed by atoms with E-state index in [0.717, 1.165) is 26.7 Å². The predicted octanol–water partition coefficient (Wildman–Crippen LogP) is 4.96. The average molecular weight is 501 g/mol. The summed E-state index contributed by atoms with van der Waals surface area (Å²) in [6.07, 6.45) is 0. The minimum atomic E-state index is -4.00. The first-order chi connectivity index (χ1) is 16.1. The Hall–Kier alpha value is -3.03. The second kappa shape index (κ2) is 10.9. The molecule has 0 atom stereocenters. The van der Waals surface area contributed by atoms with Gasteiger partial charge in [-0.15, -0.1) is 0 Å². The van der Waals surface area contributed by atoms with Crippen molar-refractivity contribution in [2.75, 3.05) is 24.0 Å². The number of hydrogen-bond donors (Lipinski definition) is 1. The van der Waals surface area contributed by atoms with E-state index < -0.39 is 15.9 Å². The third kappa shape index (κ3) is 6.30. The quantitative estimate of drug-likeness (QED) is 0.421. The molecule has 0 spiro atoms. The lowest BCUT2D eigenvalue weighted by Crippen LogP contribution is -2.42. The molecule has 8 heteroatoms. The van der Waals surface area contributed by atoms with Crippen molar-refractivity contribution in [1.29, 1.82) is 0 Å². The zero-order valence-corrected chi connectivity index (χ0v) is 21.3. The van der Waals surface area contributed by atoms with Crippen LogP contribution in [0.25, 0.3) is 0 Å². The molecule has 0 saturated carbocycles. The van der Waals surface area contributed by atoms with Crippen LogP contribution in [-0.4, -0.2) is 34.0 Å². The highest BCUT2D eigenvalue weighted by Crippen LogP contribution is 2.28. The van der Waals surface area contributed by atoms with Gasteiger partial charge in [0.1, 0.15) is 18.9 Å². The summed E-state index contributed by atoms with van der Waals surface area (Å²) in [6.45, 7) is 7.84. The third-order valence-corrected chi connectivity index (χ3v) is 7.71. The molecule has 0 radical (unpaired) electrons. The van der Waals surface area contributed by atoms with Crippen LogP contribution >= 0.6 is 11.6 Å². The predicted molar refractivity (Wildman–Crippen MR) is 136 cm³/mol. The van der Waals surface area contributed by atoms with E-state index in [1.165, 1.54) is 17.7 Å². The van der Waals surface area contributed by atoms with Gasteiger partial charge in [-0.2, -0.15) is 0 Å². The number of rotatable bonds is 9. The number of ether oxygens (including phenoxy) is 1. The lowest BCUT2D eigenvalue weighted by Gasteiger charge is -2.24. The van der Waals surface area contributed by atoms with Crippen LogP contribution in [0, 0.1) is 27.7 Å². The van der Waals surface area contributed by atoms with Crippen LogP contribution in [0.15, 0.2) is 65.6 Å². The highest BCUT2D eigenvalue weighted by atomic mass is 35.5. The first-order valence-electron chi connectivity index (χ1n) is 10.9. The van der Waals surface area contributed by atoms with E-state index in [0.29, 0.717) is 10.7 Å². The van der Waals surface area contributed by atoms with Gasteiger partial charge in [0.05, 0.1) is 17.1 Å². The number of carbonyl (C=O) groups is 1. The van der Waals surface area contributed by atoms with Gasteiger partial charge in [-0.25, -0.2) is 8.42 Å². The van der Waals surface area contributed by atoms with Gasteiger partial charge in [-0.1, -0.05) is 41.4 Å². The van der Waals surface area contributed by atoms with Crippen LogP contribution in [0.3, 0.4) is 0 Å². The Morgan fingerprint density at radius 1 is 0.912 bits per heavy atom. The molecule has 0 bridgehead atoms. The zero-order valence-electron chi connectivity index (χ0n) is 19.8. The minimum absolute atomic E-state index is 0.0978. The van der Waals surface area contributed by atoms with Crippen LogP contribution in [-0.2, 0) is 14.8 Å². The molecule has 0 aliphatic rings. The van der Waals surface area contributed by atoms with Crippen LogP contribution in [0.4, 0.5) is 5.69 Å². The molecule has 6 nitrogen and oxygen atoms in total. The molecule has 3 aromatic rings. The van der Waals surface area contributed by atoms with Gasteiger partial charge >= 0.3 is 0 Å². The van der Waals surface area contributed by atoms with Crippen LogP contribution in [0.1, 0.15) is 22.3 Å². The zero-order chi connectivity index (χ0) is 24.9. The molecule has 0 aliphatic carbocycles. The minimum Gasteiger partial charge on any atom is -0.492 e. The monoisotopic (exact) mass is 500 g/mol. The van der Waals surface area contributed by atoms with Crippen molar-refractivity contribution in [3.8, 4) is 5.75 Å². The highest BCUT2D eigenvalue weighted by molar-refractivity contribution is 7.92. The van der Waals surface area contributed by atoms with E-state index in [-0.39, 0.29) is 24.6 Å². The SMILES string of the molecule is Cc1ccc(S(=O)(=O)N(CC(=O)NCCOc2ccc(C)c(C)c2)c2ccc(C)c(Cl)c2)cc1. The first-order valence-corrected chi connectivity index (χ1v) is 12.7. The molecule has 0 aliphatic heterocycles. The fourth-order valence-corrected chi connectivity index (χ4v) is 4.83. The maximum Gasteiger partial charge on any atom is 0.264 e. The Labute approximate surface area is 206 Å². The van der Waals surface area contributed by atoms with Crippen molar-refractivity contribution in [2.24, 2.45) is 0 Å². The van der Waals surface area contributed by atoms with Gasteiger partial charge in [0.15, 0.2) is 0 Å². The summed E-state index contributed by atoms with van der Waals surface area (Å²) in [4.78, 5) is 12.8. The number of halogens is 1. The molecule has 3 rings (SSSR count). The van der Waals surface area contributed by atoms with Gasteiger partial charge in [0.2, 0.25) is 5.91 Å². The number of sulfonamides is 1. The number of anilines is 1. The standard InChI is InChI=1S/C26H29ClN2O4S/c1-18-5-11-24(12-6-18)34(31,32)29(22-9-7-20(3)25(27)16-22)17-26(30)28-13-14-33-23-10-8-19(2)21(4)15-23/h5-12,15-16H,13-14,17H2,1-4H3,(H,28,30). The molecule has 0 heterocycles. The van der Waals surface area contributed by atoms with Gasteiger partial charge in [0, 0.05) is 5.02 Å². The second-order valence-corrected chi connectivity index (χ2v) is 10.5. The van der Waals surface area contributed by atoms with Crippen LogP contribution in [0.2, 0.25) is 5.02 Å². The van der Waals surface area contributed by atoms with Crippen LogP contribution in [0.5, 0.6) is 5.75 Å². The molecule has 34 heavy (non-hydrogen) atoms. The molecule has 0 fully saturated rings. The number of nitrogens with zero attached hydrogens (tertiary/aromatic N) is 1. The molecule has 0 aromatic heterocycles. The van der Waals surface area contributed by atoms with Crippen LogP contribution < -0.4 is 14.4 Å². The van der Waals surface area contributed by atoms with Gasteiger partial charge in [-0.3, -0.25) is 9.10 Å². The summed E-state index contributed by atoms with van der Waals surface area (Å²) in [6, 6.07) is 17.2. The normalized spacial score (nSPS) is 11.2. The molecule has 3 aromatic carbocycles. The number of hydrogen-bond acceptors (Lipinski definition) is 4. The van der Waals surface area contributed by atoms with E-state index in [4.69, 9.17) is 16.3 Å². The lowest BCUT2D eigenvalue weighted by molar-refractivity contribution is -0.119. The summed E-state index contributed by atoms with van der Waals surface area (Å²) in [5.41, 5.74) is 4.36. The molecule has 0 saturated heterocycles. The van der Waals surface area contributed by atoms with Gasteiger partial charge in [-0.05, 0) is 80.8 Å².